The van der Waals surface area contributed by atoms with E-state index in [0.29, 0.717) is 12.6 Å². The Hall–Kier alpha value is -0.570. The summed E-state index contributed by atoms with van der Waals surface area (Å²) in [4.78, 5) is 11.6. The summed E-state index contributed by atoms with van der Waals surface area (Å²) in [5.74, 6) is 3.87. The van der Waals surface area contributed by atoms with Gasteiger partial charge in [-0.1, -0.05) is 6.42 Å². The quantitative estimate of drug-likeness (QED) is 0.752. The van der Waals surface area contributed by atoms with Crippen LogP contribution in [0.2, 0.25) is 0 Å². The van der Waals surface area contributed by atoms with Crippen LogP contribution >= 0.6 is 0 Å². The van der Waals surface area contributed by atoms with Gasteiger partial charge in [-0.15, -0.1) is 0 Å². The normalized spacial score (nSPS) is 44.7. The van der Waals surface area contributed by atoms with Crippen molar-refractivity contribution in [1.29, 1.82) is 0 Å². The first-order valence-electron chi connectivity index (χ1n) is 6.73. The van der Waals surface area contributed by atoms with E-state index in [1.54, 1.807) is 0 Å². The third-order valence-corrected chi connectivity index (χ3v) is 5.11. The molecule has 0 aromatic rings. The molecule has 1 amide bonds. The molecule has 16 heavy (non-hydrogen) atoms. The number of hydrogen-bond acceptors (Lipinski definition) is 2. The topological polar surface area (TPSA) is 41.1 Å². The minimum Gasteiger partial charge on any atom is -0.352 e. The highest BCUT2D eigenvalue weighted by Gasteiger charge is 2.53. The van der Waals surface area contributed by atoms with Gasteiger partial charge in [-0.3, -0.25) is 4.79 Å². The average Bonchev–Trinajstić information content (AvgIpc) is 2.86. The van der Waals surface area contributed by atoms with E-state index in [1.807, 2.05) is 7.05 Å². The van der Waals surface area contributed by atoms with Crippen LogP contribution in [-0.2, 0) is 4.79 Å². The molecule has 3 aliphatic rings. The lowest BCUT2D eigenvalue weighted by atomic mass is 9.79. The second kappa shape index (κ2) is 4.02. The van der Waals surface area contributed by atoms with Gasteiger partial charge in [0, 0.05) is 6.04 Å². The summed E-state index contributed by atoms with van der Waals surface area (Å²) >= 11 is 0. The third-order valence-electron chi connectivity index (χ3n) is 5.11. The van der Waals surface area contributed by atoms with Gasteiger partial charge in [-0.2, -0.15) is 0 Å². The van der Waals surface area contributed by atoms with Gasteiger partial charge in [-0.25, -0.2) is 0 Å². The first-order valence-corrected chi connectivity index (χ1v) is 6.73. The maximum Gasteiger partial charge on any atom is 0.234 e. The average molecular weight is 222 g/mol. The molecule has 0 aromatic heterocycles. The highest BCUT2D eigenvalue weighted by molar-refractivity contribution is 5.78. The summed E-state index contributed by atoms with van der Waals surface area (Å²) in [5.41, 5.74) is 0. The number of hydrogen-bond donors (Lipinski definition) is 2. The Bertz CT molecular complexity index is 292. The SMILES string of the molecule is CNCC(=O)NC1CC2CC1C1CCCC21. The predicted molar refractivity (Wildman–Crippen MR) is 62.9 cm³/mol. The monoisotopic (exact) mass is 222 g/mol. The third kappa shape index (κ3) is 1.56. The van der Waals surface area contributed by atoms with Crippen LogP contribution in [0.3, 0.4) is 0 Å². The van der Waals surface area contributed by atoms with Crippen LogP contribution in [0, 0.1) is 23.7 Å². The van der Waals surface area contributed by atoms with Gasteiger partial charge in [0.05, 0.1) is 6.54 Å². The molecule has 3 aliphatic carbocycles. The lowest BCUT2D eigenvalue weighted by Crippen LogP contribution is -2.45. The zero-order chi connectivity index (χ0) is 11.1. The van der Waals surface area contributed by atoms with Gasteiger partial charge in [0.25, 0.3) is 0 Å². The fourth-order valence-electron chi connectivity index (χ4n) is 4.65. The number of likely N-dealkylation sites (N-methyl/N-ethyl adjacent to an activating group) is 1. The van der Waals surface area contributed by atoms with Crippen LogP contribution in [0.1, 0.15) is 32.1 Å². The van der Waals surface area contributed by atoms with Crippen molar-refractivity contribution in [3.05, 3.63) is 0 Å². The number of fused-ring (bicyclic) bond motifs is 5. The molecule has 5 atom stereocenters. The number of amides is 1. The molecule has 0 aromatic carbocycles. The number of carbonyl (C=O) groups excluding carboxylic acids is 1. The molecule has 5 unspecified atom stereocenters. The lowest BCUT2D eigenvalue weighted by Gasteiger charge is -2.32. The molecule has 0 spiro atoms. The number of nitrogens with one attached hydrogen (secondary N) is 2. The predicted octanol–water partition coefficient (Wildman–Crippen LogP) is 1.15. The van der Waals surface area contributed by atoms with Crippen molar-refractivity contribution in [1.82, 2.24) is 10.6 Å². The molecule has 0 radical (unpaired) electrons. The molecule has 0 saturated heterocycles. The van der Waals surface area contributed by atoms with Gasteiger partial charge in [0.15, 0.2) is 0 Å². The zero-order valence-corrected chi connectivity index (χ0v) is 10.0. The summed E-state index contributed by atoms with van der Waals surface area (Å²) in [6.45, 7) is 0.460. The smallest absolute Gasteiger partial charge is 0.234 e. The van der Waals surface area contributed by atoms with Crippen LogP contribution in [0.5, 0.6) is 0 Å². The van der Waals surface area contributed by atoms with Crippen molar-refractivity contribution in [3.63, 3.8) is 0 Å². The van der Waals surface area contributed by atoms with E-state index in [0.717, 1.165) is 23.7 Å². The van der Waals surface area contributed by atoms with E-state index in [2.05, 4.69) is 10.6 Å². The molecule has 2 bridgehead atoms. The van der Waals surface area contributed by atoms with Crippen molar-refractivity contribution in [2.45, 2.75) is 38.1 Å². The molecule has 2 N–H and O–H groups in total. The highest BCUT2D eigenvalue weighted by atomic mass is 16.1. The molecule has 3 nitrogen and oxygen atoms in total. The van der Waals surface area contributed by atoms with Gasteiger partial charge < -0.3 is 10.6 Å². The number of rotatable bonds is 3. The molecule has 90 valence electrons. The van der Waals surface area contributed by atoms with Crippen molar-refractivity contribution >= 4 is 5.91 Å². The summed E-state index contributed by atoms with van der Waals surface area (Å²) < 4.78 is 0. The first kappa shape index (κ1) is 10.6. The van der Waals surface area contributed by atoms with Crippen LogP contribution in [-0.4, -0.2) is 25.5 Å². The van der Waals surface area contributed by atoms with Crippen molar-refractivity contribution in [2.75, 3.05) is 13.6 Å². The van der Waals surface area contributed by atoms with E-state index < -0.39 is 0 Å². The molecular weight excluding hydrogens is 200 g/mol. The fraction of sp³-hybridized carbons (Fsp3) is 0.923. The van der Waals surface area contributed by atoms with Crippen LogP contribution < -0.4 is 10.6 Å². The van der Waals surface area contributed by atoms with Gasteiger partial charge in [0.2, 0.25) is 5.91 Å². The minimum absolute atomic E-state index is 0.176. The van der Waals surface area contributed by atoms with Gasteiger partial charge >= 0.3 is 0 Å². The second-order valence-corrected chi connectivity index (χ2v) is 5.86. The summed E-state index contributed by atoms with van der Waals surface area (Å²) in [6.07, 6.45) is 6.95. The molecule has 0 aliphatic heterocycles. The van der Waals surface area contributed by atoms with Crippen molar-refractivity contribution in [2.24, 2.45) is 23.7 Å². The summed E-state index contributed by atoms with van der Waals surface area (Å²) in [7, 11) is 1.83. The Morgan fingerprint density at radius 1 is 1.19 bits per heavy atom. The molecule has 3 saturated carbocycles. The van der Waals surface area contributed by atoms with Crippen LogP contribution in [0.15, 0.2) is 0 Å². The largest absolute Gasteiger partial charge is 0.352 e. The van der Waals surface area contributed by atoms with E-state index in [1.165, 1.54) is 32.1 Å². The first-order chi connectivity index (χ1) is 7.79. The van der Waals surface area contributed by atoms with Crippen molar-refractivity contribution < 1.29 is 4.79 Å². The Balaban J connectivity index is 1.61. The number of carbonyl (C=O) groups is 1. The zero-order valence-electron chi connectivity index (χ0n) is 10.0. The Morgan fingerprint density at radius 3 is 2.81 bits per heavy atom. The Morgan fingerprint density at radius 2 is 2.00 bits per heavy atom. The van der Waals surface area contributed by atoms with E-state index in [-0.39, 0.29) is 5.91 Å². The van der Waals surface area contributed by atoms with E-state index >= 15 is 0 Å². The minimum atomic E-state index is 0.176. The molecule has 3 rings (SSSR count). The standard InChI is InChI=1S/C13H22N2O/c1-14-7-13(16)15-12-6-8-5-11(12)10-4-2-3-9(8)10/h8-12,14H,2-7H2,1H3,(H,15,16). The van der Waals surface area contributed by atoms with E-state index in [9.17, 15) is 4.79 Å². The molecular formula is C13H22N2O. The fourth-order valence-corrected chi connectivity index (χ4v) is 4.65. The maximum absolute atomic E-state index is 11.6. The summed E-state index contributed by atoms with van der Waals surface area (Å²) in [5, 5.41) is 6.14. The van der Waals surface area contributed by atoms with Gasteiger partial charge in [-0.05, 0) is 56.4 Å². The lowest BCUT2D eigenvalue weighted by molar-refractivity contribution is -0.121. The maximum atomic E-state index is 11.6. The second-order valence-electron chi connectivity index (χ2n) is 5.86. The highest BCUT2D eigenvalue weighted by Crippen LogP contribution is 2.58. The molecule has 3 fully saturated rings. The van der Waals surface area contributed by atoms with E-state index in [4.69, 9.17) is 0 Å². The van der Waals surface area contributed by atoms with Crippen LogP contribution in [0.4, 0.5) is 0 Å². The Labute approximate surface area is 97.4 Å². The van der Waals surface area contributed by atoms with Crippen LogP contribution in [0.25, 0.3) is 0 Å². The molecule has 0 heterocycles. The summed E-state index contributed by atoms with van der Waals surface area (Å²) in [6, 6.07) is 0.491. The van der Waals surface area contributed by atoms with Crippen molar-refractivity contribution in [3.8, 4) is 0 Å². The van der Waals surface area contributed by atoms with Gasteiger partial charge in [0.1, 0.15) is 0 Å². The molecule has 3 heteroatoms. The Kier molecular flexibility index (Phi) is 2.66.